The third-order valence-corrected chi connectivity index (χ3v) is 4.39. The van der Waals surface area contributed by atoms with Crippen LogP contribution in [0, 0.1) is 5.82 Å². The van der Waals surface area contributed by atoms with E-state index in [1.165, 1.54) is 42.5 Å². The summed E-state index contributed by atoms with van der Waals surface area (Å²) in [6.45, 7) is -0.0443. The number of benzene rings is 2. The first-order chi connectivity index (χ1) is 12.6. The third kappa shape index (κ3) is 6.77. The van der Waals surface area contributed by atoms with Crippen molar-refractivity contribution in [1.82, 2.24) is 0 Å². The van der Waals surface area contributed by atoms with Gasteiger partial charge in [-0.15, -0.1) is 0 Å². The number of hydrogen-bond donors (Lipinski definition) is 4. The zero-order valence-electron chi connectivity index (χ0n) is 14.5. The van der Waals surface area contributed by atoms with E-state index in [0.29, 0.717) is 10.6 Å². The predicted molar refractivity (Wildman–Crippen MR) is 98.1 cm³/mol. The number of sulfonamides is 1. The summed E-state index contributed by atoms with van der Waals surface area (Å²) in [5.74, 6) is -1.24. The Bertz CT molecular complexity index is 949. The molecule has 0 heterocycles. The van der Waals surface area contributed by atoms with E-state index in [1.54, 1.807) is 13.1 Å². The average molecular weight is 395 g/mol. The molecule has 0 aliphatic rings. The van der Waals surface area contributed by atoms with Crippen LogP contribution in [0.25, 0.3) is 0 Å². The number of anilines is 2. The van der Waals surface area contributed by atoms with Gasteiger partial charge in [0.1, 0.15) is 5.82 Å². The molecule has 2 rings (SSSR count). The van der Waals surface area contributed by atoms with E-state index >= 15 is 0 Å². The number of likely N-dealkylation sites (N-methyl/N-ethyl adjacent to an activating group) is 1. The fourth-order valence-corrected chi connectivity index (χ4v) is 2.90. The normalized spacial score (nSPS) is 12.3. The van der Waals surface area contributed by atoms with Gasteiger partial charge in [0, 0.05) is 11.4 Å². The zero-order chi connectivity index (χ0) is 20.0. The maximum atomic E-state index is 13.1. The van der Waals surface area contributed by atoms with Crippen LogP contribution in [0.5, 0.6) is 0 Å². The van der Waals surface area contributed by atoms with Crippen molar-refractivity contribution in [1.29, 1.82) is 0 Å². The molecule has 1 unspecified atom stereocenters. The molecule has 2 aromatic rings. The fourth-order valence-electron chi connectivity index (χ4n) is 2.34. The number of carbonyl (C=O) groups excluding carboxylic acids is 2. The molecule has 0 bridgehead atoms. The number of halogens is 1. The highest BCUT2D eigenvalue weighted by Gasteiger charge is 2.15. The van der Waals surface area contributed by atoms with Gasteiger partial charge in [0.05, 0.1) is 11.9 Å². The van der Waals surface area contributed by atoms with Crippen LogP contribution in [0.15, 0.2) is 53.4 Å². The van der Waals surface area contributed by atoms with E-state index < -0.39 is 21.7 Å². The smallest absolute Gasteiger partial charge is 0.279 e. The Labute approximate surface area is 156 Å². The summed E-state index contributed by atoms with van der Waals surface area (Å²) in [6, 6.07) is 11.0. The molecular formula is C17H20FN4O4S+. The van der Waals surface area contributed by atoms with Crippen molar-refractivity contribution in [3.8, 4) is 0 Å². The number of primary sulfonamides is 1. The van der Waals surface area contributed by atoms with E-state index in [9.17, 15) is 22.4 Å². The van der Waals surface area contributed by atoms with Crippen molar-refractivity contribution in [2.45, 2.75) is 4.90 Å². The SMILES string of the molecule is C[NH+](CC(=O)Nc1cccc(F)c1)CC(=O)Nc1cccc(S(N)(=O)=O)c1. The number of carbonyl (C=O) groups is 2. The Morgan fingerprint density at radius 1 is 1.00 bits per heavy atom. The molecule has 0 saturated carbocycles. The number of rotatable bonds is 7. The van der Waals surface area contributed by atoms with Gasteiger partial charge in [-0.25, -0.2) is 17.9 Å². The molecule has 144 valence electrons. The summed E-state index contributed by atoms with van der Waals surface area (Å²) < 4.78 is 35.8. The number of hydrogen-bond acceptors (Lipinski definition) is 4. The van der Waals surface area contributed by atoms with Crippen LogP contribution in [0.3, 0.4) is 0 Å². The lowest BCUT2D eigenvalue weighted by molar-refractivity contribution is -0.862. The molecule has 0 aliphatic heterocycles. The van der Waals surface area contributed by atoms with Gasteiger partial charge in [0.2, 0.25) is 10.0 Å². The average Bonchev–Trinajstić information content (AvgIpc) is 2.53. The van der Waals surface area contributed by atoms with Crippen molar-refractivity contribution in [2.24, 2.45) is 5.14 Å². The topological polar surface area (TPSA) is 123 Å². The number of amides is 2. The van der Waals surface area contributed by atoms with Gasteiger partial charge in [-0.3, -0.25) is 9.59 Å². The van der Waals surface area contributed by atoms with Gasteiger partial charge < -0.3 is 15.5 Å². The lowest BCUT2D eigenvalue weighted by Crippen LogP contribution is -3.11. The van der Waals surface area contributed by atoms with Crippen molar-refractivity contribution in [3.05, 3.63) is 54.3 Å². The van der Waals surface area contributed by atoms with E-state index in [-0.39, 0.29) is 29.6 Å². The summed E-state index contributed by atoms with van der Waals surface area (Å²) in [4.78, 5) is 24.5. The minimum absolute atomic E-state index is 0.0127. The fraction of sp³-hybridized carbons (Fsp3) is 0.176. The molecule has 1 atom stereocenters. The minimum atomic E-state index is -3.87. The van der Waals surface area contributed by atoms with Crippen LogP contribution >= 0.6 is 0 Å². The van der Waals surface area contributed by atoms with Gasteiger partial charge in [-0.05, 0) is 36.4 Å². The molecule has 0 aliphatic carbocycles. The Kier molecular flexibility index (Phi) is 6.61. The lowest BCUT2D eigenvalue weighted by atomic mass is 10.3. The Morgan fingerprint density at radius 3 is 2.04 bits per heavy atom. The standard InChI is InChI=1S/C17H19FN4O4S/c1-22(10-16(23)20-13-5-2-4-12(18)8-13)11-17(24)21-14-6-3-7-15(9-14)27(19,25)26/h2-9H,10-11H2,1H3,(H,20,23)(H,21,24)(H2,19,25,26)/p+1. The molecular weight excluding hydrogens is 375 g/mol. The van der Waals surface area contributed by atoms with Crippen LogP contribution in [0.4, 0.5) is 15.8 Å². The highest BCUT2D eigenvalue weighted by Crippen LogP contribution is 2.13. The zero-order valence-corrected chi connectivity index (χ0v) is 15.3. The second kappa shape index (κ2) is 8.71. The first-order valence-electron chi connectivity index (χ1n) is 7.93. The van der Waals surface area contributed by atoms with Crippen molar-refractivity contribution < 1.29 is 27.3 Å². The predicted octanol–water partition coefficient (Wildman–Crippen LogP) is -0.435. The largest absolute Gasteiger partial charge is 0.322 e. The Balaban J connectivity index is 1.87. The first kappa shape index (κ1) is 20.5. The van der Waals surface area contributed by atoms with Crippen LogP contribution in [-0.2, 0) is 19.6 Å². The quantitative estimate of drug-likeness (QED) is 0.508. The first-order valence-corrected chi connectivity index (χ1v) is 9.47. The molecule has 0 saturated heterocycles. The molecule has 8 nitrogen and oxygen atoms in total. The maximum Gasteiger partial charge on any atom is 0.279 e. The Morgan fingerprint density at radius 2 is 1.52 bits per heavy atom. The summed E-state index contributed by atoms with van der Waals surface area (Å²) in [5, 5.41) is 10.2. The summed E-state index contributed by atoms with van der Waals surface area (Å²) in [7, 11) is -2.22. The molecule has 2 aromatic carbocycles. The van der Waals surface area contributed by atoms with Crippen molar-refractivity contribution >= 4 is 33.2 Å². The van der Waals surface area contributed by atoms with E-state index in [2.05, 4.69) is 10.6 Å². The summed E-state index contributed by atoms with van der Waals surface area (Å²) in [5.41, 5.74) is 0.612. The second-order valence-corrected chi connectivity index (χ2v) is 7.55. The van der Waals surface area contributed by atoms with Gasteiger partial charge >= 0.3 is 0 Å². The molecule has 27 heavy (non-hydrogen) atoms. The molecule has 2 amide bonds. The van der Waals surface area contributed by atoms with E-state index in [1.807, 2.05) is 0 Å². The Hall–Kier alpha value is -2.82. The van der Waals surface area contributed by atoms with Crippen LogP contribution < -0.4 is 20.7 Å². The molecule has 5 N–H and O–H groups in total. The highest BCUT2D eigenvalue weighted by atomic mass is 32.2. The van der Waals surface area contributed by atoms with Crippen molar-refractivity contribution in [2.75, 3.05) is 30.8 Å². The van der Waals surface area contributed by atoms with Crippen molar-refractivity contribution in [3.63, 3.8) is 0 Å². The van der Waals surface area contributed by atoms with Crippen LogP contribution in [0.1, 0.15) is 0 Å². The minimum Gasteiger partial charge on any atom is -0.322 e. The monoisotopic (exact) mass is 395 g/mol. The van der Waals surface area contributed by atoms with Gasteiger partial charge in [-0.1, -0.05) is 12.1 Å². The van der Waals surface area contributed by atoms with E-state index in [4.69, 9.17) is 5.14 Å². The molecule has 0 spiro atoms. The summed E-state index contributed by atoms with van der Waals surface area (Å²) in [6.07, 6.45) is 0. The van der Waals surface area contributed by atoms with Gasteiger partial charge in [0.15, 0.2) is 13.1 Å². The van der Waals surface area contributed by atoms with E-state index in [0.717, 1.165) is 0 Å². The third-order valence-electron chi connectivity index (χ3n) is 3.48. The lowest BCUT2D eigenvalue weighted by Gasteiger charge is -2.14. The van der Waals surface area contributed by atoms with Gasteiger partial charge in [-0.2, -0.15) is 0 Å². The maximum absolute atomic E-state index is 13.1. The number of nitrogens with one attached hydrogen (secondary N) is 3. The van der Waals surface area contributed by atoms with Crippen LogP contribution in [0.2, 0.25) is 0 Å². The highest BCUT2D eigenvalue weighted by molar-refractivity contribution is 7.89. The number of nitrogens with two attached hydrogens (primary N) is 1. The molecule has 0 fully saturated rings. The second-order valence-electron chi connectivity index (χ2n) is 5.99. The molecule has 0 aromatic heterocycles. The van der Waals surface area contributed by atoms with Crippen LogP contribution in [-0.4, -0.2) is 40.4 Å². The van der Waals surface area contributed by atoms with Gasteiger partial charge in [0.25, 0.3) is 11.8 Å². The molecule has 0 radical (unpaired) electrons. The molecule has 10 heteroatoms. The summed E-state index contributed by atoms with van der Waals surface area (Å²) >= 11 is 0. The number of quaternary nitrogens is 1.